The highest BCUT2D eigenvalue weighted by atomic mass is 32.1. The molecule has 3 aromatic rings. The molecule has 0 unspecified atom stereocenters. The first-order valence-electron chi connectivity index (χ1n) is 5.67. The number of thiazole rings is 1. The van der Waals surface area contributed by atoms with Crippen LogP contribution in [0.25, 0.3) is 20.8 Å². The van der Waals surface area contributed by atoms with Gasteiger partial charge in [0.25, 0.3) is 0 Å². The van der Waals surface area contributed by atoms with Crippen LogP contribution in [-0.2, 0) is 6.42 Å². The molecule has 0 saturated heterocycles. The number of nitrogens with zero attached hydrogens (tertiary/aromatic N) is 3. The summed E-state index contributed by atoms with van der Waals surface area (Å²) in [6.07, 6.45) is 4.42. The van der Waals surface area contributed by atoms with Gasteiger partial charge in [-0.2, -0.15) is 0 Å². The predicted molar refractivity (Wildman–Crippen MR) is 71.7 cm³/mol. The minimum absolute atomic E-state index is 0.260. The average molecular weight is 257 g/mol. The number of benzene rings is 1. The zero-order chi connectivity index (χ0) is 12.5. The molecule has 0 aliphatic rings. The number of phenolic OH excluding ortho intramolecular Hbond substituents is 1. The summed E-state index contributed by atoms with van der Waals surface area (Å²) in [5.74, 6) is 1.09. The summed E-state index contributed by atoms with van der Waals surface area (Å²) in [4.78, 5) is 13.0. The second-order valence-electron chi connectivity index (χ2n) is 3.91. The summed E-state index contributed by atoms with van der Waals surface area (Å²) in [6.45, 7) is 2.02. The second kappa shape index (κ2) is 4.34. The van der Waals surface area contributed by atoms with Gasteiger partial charge in [-0.15, -0.1) is 11.3 Å². The van der Waals surface area contributed by atoms with Crippen LogP contribution in [0.15, 0.2) is 30.6 Å². The zero-order valence-electron chi connectivity index (χ0n) is 9.79. The van der Waals surface area contributed by atoms with Crippen molar-refractivity contribution in [1.29, 1.82) is 0 Å². The molecular formula is C13H11N3OS. The lowest BCUT2D eigenvalue weighted by atomic mass is 10.3. The van der Waals surface area contributed by atoms with Crippen LogP contribution in [0.3, 0.4) is 0 Å². The molecule has 1 aromatic carbocycles. The maximum Gasteiger partial charge on any atom is 0.127 e. The fourth-order valence-corrected chi connectivity index (χ4v) is 2.66. The molecule has 90 valence electrons. The zero-order valence-corrected chi connectivity index (χ0v) is 10.6. The highest BCUT2D eigenvalue weighted by Crippen LogP contribution is 2.31. The van der Waals surface area contributed by atoms with Crippen LogP contribution < -0.4 is 0 Å². The minimum atomic E-state index is 0.260. The van der Waals surface area contributed by atoms with Crippen LogP contribution in [0.2, 0.25) is 0 Å². The minimum Gasteiger partial charge on any atom is -0.508 e. The number of aromatic hydroxyl groups is 1. The van der Waals surface area contributed by atoms with Crippen molar-refractivity contribution in [3.8, 4) is 16.3 Å². The summed E-state index contributed by atoms with van der Waals surface area (Å²) < 4.78 is 0.963. The van der Waals surface area contributed by atoms with Crippen molar-refractivity contribution in [2.45, 2.75) is 13.3 Å². The summed E-state index contributed by atoms with van der Waals surface area (Å²) in [7, 11) is 0. The van der Waals surface area contributed by atoms with Gasteiger partial charge < -0.3 is 5.11 Å². The van der Waals surface area contributed by atoms with Crippen LogP contribution in [-0.4, -0.2) is 20.1 Å². The van der Waals surface area contributed by atoms with Gasteiger partial charge in [0.2, 0.25) is 0 Å². The van der Waals surface area contributed by atoms with Gasteiger partial charge in [0.1, 0.15) is 16.6 Å². The molecule has 1 N–H and O–H groups in total. The van der Waals surface area contributed by atoms with Crippen LogP contribution in [0.4, 0.5) is 0 Å². The van der Waals surface area contributed by atoms with Crippen molar-refractivity contribution in [2.24, 2.45) is 0 Å². The van der Waals surface area contributed by atoms with E-state index in [4.69, 9.17) is 0 Å². The Morgan fingerprint density at radius 3 is 2.72 bits per heavy atom. The molecule has 2 heterocycles. The third-order valence-corrected chi connectivity index (χ3v) is 3.71. The van der Waals surface area contributed by atoms with Crippen molar-refractivity contribution in [1.82, 2.24) is 15.0 Å². The van der Waals surface area contributed by atoms with Gasteiger partial charge in [0.05, 0.1) is 10.2 Å². The normalized spacial score (nSPS) is 10.9. The fraction of sp³-hybridized carbons (Fsp3) is 0.154. The summed E-state index contributed by atoms with van der Waals surface area (Å²) in [6, 6.07) is 5.17. The van der Waals surface area contributed by atoms with Crippen LogP contribution in [0, 0.1) is 0 Å². The Morgan fingerprint density at radius 2 is 2.00 bits per heavy atom. The maximum absolute atomic E-state index is 9.43. The smallest absolute Gasteiger partial charge is 0.127 e. The standard InChI is InChI=1S/C13H11N3OS/c1-2-12-14-6-8(7-15-12)13-16-10-4-3-9(17)5-11(10)18-13/h3-7,17H,2H2,1H3. The average Bonchev–Trinajstić information content (AvgIpc) is 2.81. The molecule has 4 nitrogen and oxygen atoms in total. The van der Waals surface area contributed by atoms with Crippen molar-refractivity contribution in [2.75, 3.05) is 0 Å². The van der Waals surface area contributed by atoms with E-state index < -0.39 is 0 Å². The number of aromatic nitrogens is 3. The highest BCUT2D eigenvalue weighted by molar-refractivity contribution is 7.21. The second-order valence-corrected chi connectivity index (χ2v) is 4.94. The predicted octanol–water partition coefficient (Wildman–Crippen LogP) is 3.02. The Labute approximate surface area is 108 Å². The molecule has 0 atom stereocenters. The van der Waals surface area contributed by atoms with Gasteiger partial charge in [0.15, 0.2) is 0 Å². The lowest BCUT2D eigenvalue weighted by Gasteiger charge is -1.96. The molecule has 0 fully saturated rings. The quantitative estimate of drug-likeness (QED) is 0.766. The Balaban J connectivity index is 2.07. The number of aryl methyl sites for hydroxylation is 1. The Morgan fingerprint density at radius 1 is 1.22 bits per heavy atom. The van der Waals surface area contributed by atoms with Gasteiger partial charge >= 0.3 is 0 Å². The number of rotatable bonds is 2. The first-order chi connectivity index (χ1) is 8.76. The van der Waals surface area contributed by atoms with E-state index in [1.54, 1.807) is 24.5 Å². The van der Waals surface area contributed by atoms with Gasteiger partial charge in [-0.1, -0.05) is 6.92 Å². The lowest BCUT2D eigenvalue weighted by molar-refractivity contribution is 0.476. The largest absolute Gasteiger partial charge is 0.508 e. The first-order valence-corrected chi connectivity index (χ1v) is 6.49. The summed E-state index contributed by atoms with van der Waals surface area (Å²) in [5.41, 5.74) is 1.79. The van der Waals surface area contributed by atoms with E-state index in [2.05, 4.69) is 15.0 Å². The molecule has 0 amide bonds. The third kappa shape index (κ3) is 1.93. The topological polar surface area (TPSA) is 58.9 Å². The van der Waals surface area contributed by atoms with Crippen LogP contribution >= 0.6 is 11.3 Å². The van der Waals surface area contributed by atoms with E-state index in [9.17, 15) is 5.11 Å². The number of hydrogen-bond donors (Lipinski definition) is 1. The monoisotopic (exact) mass is 257 g/mol. The van der Waals surface area contributed by atoms with Gasteiger partial charge in [-0.25, -0.2) is 15.0 Å². The highest BCUT2D eigenvalue weighted by Gasteiger charge is 2.07. The van der Waals surface area contributed by atoms with Crippen molar-refractivity contribution < 1.29 is 5.11 Å². The van der Waals surface area contributed by atoms with E-state index in [0.29, 0.717) is 0 Å². The SMILES string of the molecule is CCc1ncc(-c2nc3ccc(O)cc3s2)cn1. The number of phenols is 1. The van der Waals surface area contributed by atoms with Crippen LogP contribution in [0.5, 0.6) is 5.75 Å². The Bertz CT molecular complexity index is 691. The first kappa shape index (κ1) is 11.1. The molecule has 0 bridgehead atoms. The Kier molecular flexibility index (Phi) is 2.68. The van der Waals surface area contributed by atoms with E-state index >= 15 is 0 Å². The molecular weight excluding hydrogens is 246 g/mol. The van der Waals surface area contributed by atoms with Crippen molar-refractivity contribution >= 4 is 21.6 Å². The molecule has 0 aliphatic carbocycles. The summed E-state index contributed by atoms with van der Waals surface area (Å²) in [5, 5.41) is 10.3. The summed E-state index contributed by atoms with van der Waals surface area (Å²) >= 11 is 1.53. The van der Waals surface area contributed by atoms with E-state index in [1.165, 1.54) is 11.3 Å². The third-order valence-electron chi connectivity index (χ3n) is 2.64. The van der Waals surface area contributed by atoms with E-state index in [-0.39, 0.29) is 5.75 Å². The van der Waals surface area contributed by atoms with Crippen molar-refractivity contribution in [3.05, 3.63) is 36.4 Å². The van der Waals surface area contributed by atoms with Gasteiger partial charge in [-0.3, -0.25) is 0 Å². The molecule has 0 spiro atoms. The van der Waals surface area contributed by atoms with E-state index in [0.717, 1.165) is 33.0 Å². The van der Waals surface area contributed by atoms with Gasteiger partial charge in [0, 0.05) is 24.4 Å². The number of fused-ring (bicyclic) bond motifs is 1. The molecule has 0 saturated carbocycles. The molecule has 0 aliphatic heterocycles. The Hall–Kier alpha value is -2.01. The maximum atomic E-state index is 9.43. The molecule has 2 aromatic heterocycles. The number of hydrogen-bond acceptors (Lipinski definition) is 5. The van der Waals surface area contributed by atoms with Crippen LogP contribution in [0.1, 0.15) is 12.7 Å². The lowest BCUT2D eigenvalue weighted by Crippen LogP contribution is -1.91. The molecule has 5 heteroatoms. The molecule has 3 rings (SSSR count). The van der Waals surface area contributed by atoms with Crippen molar-refractivity contribution in [3.63, 3.8) is 0 Å². The van der Waals surface area contributed by atoms with E-state index in [1.807, 2.05) is 13.0 Å². The van der Waals surface area contributed by atoms with Gasteiger partial charge in [-0.05, 0) is 18.2 Å². The molecule has 0 radical (unpaired) electrons. The fourth-order valence-electron chi connectivity index (χ4n) is 1.68. The molecule has 18 heavy (non-hydrogen) atoms.